The Hall–Kier alpha value is -1.28. The smallest absolute Gasteiger partial charge is 0.343 e. The molecule has 7 nitrogen and oxygen atoms in total. The van der Waals surface area contributed by atoms with Gasteiger partial charge in [0.25, 0.3) is 0 Å². The Morgan fingerprint density at radius 1 is 1.55 bits per heavy atom. The average molecular weight is 302 g/mol. The van der Waals surface area contributed by atoms with E-state index in [1.807, 2.05) is 6.92 Å². The molecule has 20 heavy (non-hydrogen) atoms. The van der Waals surface area contributed by atoms with E-state index in [1.54, 1.807) is 18.5 Å². The Labute approximate surface area is 122 Å². The van der Waals surface area contributed by atoms with E-state index in [2.05, 4.69) is 15.5 Å². The van der Waals surface area contributed by atoms with Crippen LogP contribution in [0.5, 0.6) is 0 Å². The average Bonchev–Trinajstić information content (AvgIpc) is 2.77. The molecule has 0 aromatic carbocycles. The van der Waals surface area contributed by atoms with Gasteiger partial charge in [-0.1, -0.05) is 18.7 Å². The monoisotopic (exact) mass is 302 g/mol. The lowest BCUT2D eigenvalue weighted by atomic mass is 10.2. The van der Waals surface area contributed by atoms with Crippen molar-refractivity contribution in [2.45, 2.75) is 44.4 Å². The Kier molecular flexibility index (Phi) is 7.38. The molecular weight excluding hydrogens is 280 g/mol. The Morgan fingerprint density at radius 2 is 2.30 bits per heavy atom. The lowest BCUT2D eigenvalue weighted by Crippen LogP contribution is -2.36. The molecule has 1 heterocycles. The van der Waals surface area contributed by atoms with Crippen LogP contribution in [0.3, 0.4) is 0 Å². The summed E-state index contributed by atoms with van der Waals surface area (Å²) < 4.78 is 6.59. The number of esters is 1. The fourth-order valence-electron chi connectivity index (χ4n) is 1.73. The maximum Gasteiger partial charge on any atom is 0.343 e. The zero-order chi connectivity index (χ0) is 15.0. The molecule has 0 aliphatic rings. The molecule has 0 fully saturated rings. The quantitative estimate of drug-likeness (QED) is 0.513. The highest BCUT2D eigenvalue weighted by Gasteiger charge is 2.18. The number of nitrogens with zero attached hydrogens (tertiary/aromatic N) is 2. The second kappa shape index (κ2) is 8.80. The van der Waals surface area contributed by atoms with E-state index in [0.717, 1.165) is 6.42 Å². The van der Waals surface area contributed by atoms with Gasteiger partial charge < -0.3 is 10.1 Å². The number of likely N-dealkylation sites (N-methyl/N-ethyl adjacent to an activating group) is 1. The first kappa shape index (κ1) is 16.8. The maximum atomic E-state index is 11.6. The summed E-state index contributed by atoms with van der Waals surface area (Å²) in [7, 11) is 1.73. The molecule has 1 atom stereocenters. The third-order valence-corrected chi connectivity index (χ3v) is 3.74. The van der Waals surface area contributed by atoms with Gasteiger partial charge in [0.1, 0.15) is 6.04 Å². The number of aromatic amines is 1. The zero-order valence-corrected chi connectivity index (χ0v) is 13.0. The highest BCUT2D eigenvalue weighted by Crippen LogP contribution is 2.15. The van der Waals surface area contributed by atoms with Crippen molar-refractivity contribution in [1.29, 1.82) is 0 Å². The van der Waals surface area contributed by atoms with E-state index in [9.17, 15) is 9.59 Å². The van der Waals surface area contributed by atoms with Crippen LogP contribution >= 0.6 is 11.8 Å². The summed E-state index contributed by atoms with van der Waals surface area (Å²) in [5.41, 5.74) is -0.190. The summed E-state index contributed by atoms with van der Waals surface area (Å²) in [4.78, 5) is 23.1. The van der Waals surface area contributed by atoms with E-state index in [1.165, 1.54) is 11.8 Å². The summed E-state index contributed by atoms with van der Waals surface area (Å²) in [5, 5.41) is 10.0. The Morgan fingerprint density at radius 3 is 2.90 bits per heavy atom. The van der Waals surface area contributed by atoms with Gasteiger partial charge in [-0.05, 0) is 26.8 Å². The molecule has 2 N–H and O–H groups in total. The van der Waals surface area contributed by atoms with Gasteiger partial charge >= 0.3 is 11.7 Å². The molecular formula is C12H22N4O3S. The molecule has 0 amide bonds. The van der Waals surface area contributed by atoms with Crippen LogP contribution in [0.4, 0.5) is 0 Å². The van der Waals surface area contributed by atoms with Gasteiger partial charge in [-0.2, -0.15) is 0 Å². The minimum atomic E-state index is -0.326. The predicted octanol–water partition coefficient (Wildman–Crippen LogP) is 0.615. The van der Waals surface area contributed by atoms with Crippen LogP contribution in [0.2, 0.25) is 0 Å². The Bertz CT molecular complexity index is 472. The number of hydrogen-bond acceptors (Lipinski definition) is 6. The fraction of sp³-hybridized carbons (Fsp3) is 0.750. The van der Waals surface area contributed by atoms with E-state index in [-0.39, 0.29) is 17.7 Å². The van der Waals surface area contributed by atoms with Crippen molar-refractivity contribution in [2.24, 2.45) is 0 Å². The van der Waals surface area contributed by atoms with Gasteiger partial charge in [-0.25, -0.2) is 9.89 Å². The van der Waals surface area contributed by atoms with Crippen molar-refractivity contribution in [1.82, 2.24) is 20.1 Å². The maximum absolute atomic E-state index is 11.6. The van der Waals surface area contributed by atoms with Crippen molar-refractivity contribution >= 4 is 17.7 Å². The van der Waals surface area contributed by atoms with E-state index in [4.69, 9.17) is 4.74 Å². The molecule has 8 heteroatoms. The third kappa shape index (κ3) is 4.68. The second-order valence-corrected chi connectivity index (χ2v) is 5.26. The van der Waals surface area contributed by atoms with Crippen LogP contribution < -0.4 is 11.0 Å². The highest BCUT2D eigenvalue weighted by molar-refractivity contribution is 7.99. The van der Waals surface area contributed by atoms with E-state index in [0.29, 0.717) is 30.5 Å². The summed E-state index contributed by atoms with van der Waals surface area (Å²) in [6.45, 7) is 4.81. The van der Waals surface area contributed by atoms with Crippen LogP contribution in [-0.2, 0) is 16.1 Å². The van der Waals surface area contributed by atoms with Crippen molar-refractivity contribution in [3.05, 3.63) is 10.5 Å². The largest absolute Gasteiger partial charge is 0.465 e. The van der Waals surface area contributed by atoms with E-state index >= 15 is 0 Å². The number of carbonyl (C=O) groups is 1. The first-order chi connectivity index (χ1) is 9.63. The molecule has 1 aromatic rings. The third-order valence-electron chi connectivity index (χ3n) is 2.73. The minimum Gasteiger partial charge on any atom is -0.465 e. The summed E-state index contributed by atoms with van der Waals surface area (Å²) >= 11 is 1.46. The number of aromatic nitrogens is 3. The molecule has 0 saturated carbocycles. The van der Waals surface area contributed by atoms with Gasteiger partial charge in [0, 0.05) is 12.3 Å². The standard InChI is InChI=1S/C12H22N4O3S/c1-4-7-16-11(18)14-15-12(16)20-8-6-9(13-3)10(17)19-5-2/h9,13H,4-8H2,1-3H3,(H,14,18). The van der Waals surface area contributed by atoms with Crippen LogP contribution in [0, 0.1) is 0 Å². The lowest BCUT2D eigenvalue weighted by Gasteiger charge is -2.14. The molecule has 114 valence electrons. The number of H-pyrrole nitrogens is 1. The van der Waals surface area contributed by atoms with Gasteiger partial charge in [0.15, 0.2) is 5.16 Å². The molecule has 1 unspecified atom stereocenters. The molecule has 1 rings (SSSR count). The molecule has 0 aliphatic carbocycles. The highest BCUT2D eigenvalue weighted by atomic mass is 32.2. The zero-order valence-electron chi connectivity index (χ0n) is 12.1. The Balaban J connectivity index is 2.51. The van der Waals surface area contributed by atoms with Gasteiger partial charge in [-0.15, -0.1) is 5.10 Å². The number of thioether (sulfide) groups is 1. The summed E-state index contributed by atoms with van der Waals surface area (Å²) in [6, 6.07) is -0.326. The van der Waals surface area contributed by atoms with Crippen molar-refractivity contribution in [2.75, 3.05) is 19.4 Å². The van der Waals surface area contributed by atoms with Crippen LogP contribution in [0.15, 0.2) is 9.95 Å². The fourth-order valence-corrected chi connectivity index (χ4v) is 2.70. The van der Waals surface area contributed by atoms with Crippen molar-refractivity contribution < 1.29 is 9.53 Å². The van der Waals surface area contributed by atoms with Gasteiger partial charge in [0.2, 0.25) is 0 Å². The first-order valence-electron chi connectivity index (χ1n) is 6.75. The number of carbonyl (C=O) groups excluding carboxylic acids is 1. The molecule has 0 bridgehead atoms. The van der Waals surface area contributed by atoms with Gasteiger partial charge in [0.05, 0.1) is 6.61 Å². The SMILES string of the molecule is CCCn1c(SCCC(NC)C(=O)OCC)n[nH]c1=O. The number of nitrogens with one attached hydrogen (secondary N) is 2. The number of ether oxygens (including phenoxy) is 1. The number of rotatable bonds is 9. The minimum absolute atomic E-state index is 0.190. The van der Waals surface area contributed by atoms with Crippen LogP contribution in [0.25, 0.3) is 0 Å². The van der Waals surface area contributed by atoms with E-state index < -0.39 is 0 Å². The normalized spacial score (nSPS) is 12.3. The van der Waals surface area contributed by atoms with Crippen molar-refractivity contribution in [3.63, 3.8) is 0 Å². The van der Waals surface area contributed by atoms with Crippen LogP contribution in [0.1, 0.15) is 26.7 Å². The van der Waals surface area contributed by atoms with Crippen molar-refractivity contribution in [3.8, 4) is 0 Å². The molecule has 0 aliphatic heterocycles. The molecule has 0 radical (unpaired) electrons. The second-order valence-electron chi connectivity index (χ2n) is 4.19. The number of hydrogen-bond donors (Lipinski definition) is 2. The summed E-state index contributed by atoms with van der Waals surface area (Å²) in [6.07, 6.45) is 1.49. The molecule has 0 spiro atoms. The summed E-state index contributed by atoms with van der Waals surface area (Å²) in [5.74, 6) is 0.432. The van der Waals surface area contributed by atoms with Crippen LogP contribution in [-0.4, -0.2) is 46.2 Å². The topological polar surface area (TPSA) is 89.0 Å². The first-order valence-corrected chi connectivity index (χ1v) is 7.74. The van der Waals surface area contributed by atoms with Gasteiger partial charge in [-0.3, -0.25) is 9.36 Å². The lowest BCUT2D eigenvalue weighted by molar-refractivity contribution is -0.145. The molecule has 1 aromatic heterocycles. The molecule has 0 saturated heterocycles. The predicted molar refractivity (Wildman–Crippen MR) is 78.0 cm³/mol.